The van der Waals surface area contributed by atoms with Crippen molar-refractivity contribution in [1.29, 1.82) is 0 Å². The van der Waals surface area contributed by atoms with E-state index in [-0.39, 0.29) is 5.56 Å². The molecule has 0 atom stereocenters. The lowest BCUT2D eigenvalue weighted by atomic mass is 9.79. The minimum atomic E-state index is -2.02. The summed E-state index contributed by atoms with van der Waals surface area (Å²) in [5.41, 5.74) is 1.18. The van der Waals surface area contributed by atoms with Gasteiger partial charge in [-0.1, -0.05) is 29.8 Å². The Labute approximate surface area is 104 Å². The predicted molar refractivity (Wildman–Crippen MR) is 66.4 cm³/mol. The van der Waals surface area contributed by atoms with E-state index in [1.54, 1.807) is 24.3 Å². The van der Waals surface area contributed by atoms with Crippen LogP contribution in [0.1, 0.15) is 5.56 Å². The van der Waals surface area contributed by atoms with Gasteiger partial charge in [-0.25, -0.2) is 8.78 Å². The Bertz CT molecular complexity index is 568. The molecule has 2 rings (SSSR count). The van der Waals surface area contributed by atoms with Crippen LogP contribution in [0.4, 0.5) is 8.78 Å². The predicted octanol–water partition coefficient (Wildman–Crippen LogP) is 1.62. The van der Waals surface area contributed by atoms with Crippen molar-refractivity contribution in [2.75, 3.05) is 0 Å². The van der Waals surface area contributed by atoms with Crippen molar-refractivity contribution in [2.24, 2.45) is 0 Å². The summed E-state index contributed by atoms with van der Waals surface area (Å²) in [5.74, 6) is -1.54. The van der Waals surface area contributed by atoms with Gasteiger partial charge in [0.25, 0.3) is 0 Å². The lowest BCUT2D eigenvalue weighted by Gasteiger charge is -2.08. The highest BCUT2D eigenvalue weighted by Crippen LogP contribution is 2.23. The van der Waals surface area contributed by atoms with Crippen molar-refractivity contribution in [3.63, 3.8) is 0 Å². The molecule has 2 N–H and O–H groups in total. The number of rotatable bonds is 2. The lowest BCUT2D eigenvalue weighted by molar-refractivity contribution is 0.422. The van der Waals surface area contributed by atoms with E-state index in [0.717, 1.165) is 17.7 Å². The van der Waals surface area contributed by atoms with Crippen LogP contribution in [-0.2, 0) is 0 Å². The normalized spacial score (nSPS) is 10.5. The fourth-order valence-corrected chi connectivity index (χ4v) is 1.71. The molecule has 0 aliphatic rings. The minimum absolute atomic E-state index is 0.0944. The average molecular weight is 248 g/mol. The maximum Gasteiger partial charge on any atom is 0.491 e. The smallest absolute Gasteiger partial charge is 0.423 e. The van der Waals surface area contributed by atoms with E-state index in [1.807, 2.05) is 6.92 Å². The van der Waals surface area contributed by atoms with E-state index in [0.29, 0.717) is 5.56 Å². The standard InChI is InChI=1S/C13H11BF2O2/c1-8-2-4-9(5-3-8)10-6-13(16)11(14(17)18)7-12(10)15/h2-7,17-18H,1H3. The molecule has 0 bridgehead atoms. The summed E-state index contributed by atoms with van der Waals surface area (Å²) in [6.07, 6.45) is 0. The van der Waals surface area contributed by atoms with Gasteiger partial charge in [-0.05, 0) is 24.6 Å². The molecule has 2 nitrogen and oxygen atoms in total. The second-order valence-corrected chi connectivity index (χ2v) is 4.09. The van der Waals surface area contributed by atoms with Gasteiger partial charge in [0.2, 0.25) is 0 Å². The molecule has 0 radical (unpaired) electrons. The average Bonchev–Trinajstić information content (AvgIpc) is 2.32. The second kappa shape index (κ2) is 4.88. The highest BCUT2D eigenvalue weighted by Gasteiger charge is 2.20. The van der Waals surface area contributed by atoms with Gasteiger partial charge in [-0.3, -0.25) is 0 Å². The van der Waals surface area contributed by atoms with Crippen LogP contribution in [-0.4, -0.2) is 17.2 Å². The molecule has 0 aromatic heterocycles. The van der Waals surface area contributed by atoms with Crippen LogP contribution < -0.4 is 5.46 Å². The van der Waals surface area contributed by atoms with Gasteiger partial charge in [0.1, 0.15) is 11.6 Å². The zero-order chi connectivity index (χ0) is 13.3. The SMILES string of the molecule is Cc1ccc(-c2cc(F)c(B(O)O)cc2F)cc1. The molecule has 0 amide bonds. The largest absolute Gasteiger partial charge is 0.491 e. The first-order valence-electron chi connectivity index (χ1n) is 5.41. The van der Waals surface area contributed by atoms with Gasteiger partial charge >= 0.3 is 7.12 Å². The molecule has 0 aliphatic heterocycles. The third kappa shape index (κ3) is 2.42. The highest BCUT2D eigenvalue weighted by atomic mass is 19.1. The van der Waals surface area contributed by atoms with Crippen LogP contribution in [0.3, 0.4) is 0 Å². The van der Waals surface area contributed by atoms with Gasteiger partial charge in [0.15, 0.2) is 0 Å². The minimum Gasteiger partial charge on any atom is -0.423 e. The summed E-state index contributed by atoms with van der Waals surface area (Å²) in [7, 11) is -2.02. The van der Waals surface area contributed by atoms with E-state index in [2.05, 4.69) is 0 Å². The van der Waals surface area contributed by atoms with E-state index < -0.39 is 24.2 Å². The maximum atomic E-state index is 13.8. The molecule has 0 heterocycles. The highest BCUT2D eigenvalue weighted by molar-refractivity contribution is 6.58. The third-order valence-corrected chi connectivity index (χ3v) is 2.73. The number of aryl methyl sites for hydroxylation is 1. The van der Waals surface area contributed by atoms with Gasteiger partial charge in [0, 0.05) is 11.0 Å². The summed E-state index contributed by atoms with van der Waals surface area (Å²) in [6, 6.07) is 8.72. The molecular weight excluding hydrogens is 237 g/mol. The van der Waals surface area contributed by atoms with Gasteiger partial charge in [-0.2, -0.15) is 0 Å². The molecular formula is C13H11BF2O2. The summed E-state index contributed by atoms with van der Waals surface area (Å²) >= 11 is 0. The van der Waals surface area contributed by atoms with Crippen molar-refractivity contribution in [3.05, 3.63) is 53.6 Å². The molecule has 0 saturated heterocycles. The molecule has 2 aromatic rings. The summed E-state index contributed by atoms with van der Waals surface area (Å²) in [4.78, 5) is 0. The fourth-order valence-electron chi connectivity index (χ4n) is 1.71. The molecule has 0 fully saturated rings. The van der Waals surface area contributed by atoms with Crippen LogP contribution in [0, 0.1) is 18.6 Å². The summed E-state index contributed by atoms with van der Waals surface area (Å²) in [5, 5.41) is 17.8. The Morgan fingerprint density at radius 3 is 2.11 bits per heavy atom. The molecule has 92 valence electrons. The molecule has 0 unspecified atom stereocenters. The molecule has 18 heavy (non-hydrogen) atoms. The maximum absolute atomic E-state index is 13.8. The van der Waals surface area contributed by atoms with E-state index in [4.69, 9.17) is 10.0 Å². The number of halogens is 2. The van der Waals surface area contributed by atoms with Crippen LogP contribution in [0.25, 0.3) is 11.1 Å². The van der Waals surface area contributed by atoms with Gasteiger partial charge in [-0.15, -0.1) is 0 Å². The van der Waals surface area contributed by atoms with Crippen LogP contribution in [0.5, 0.6) is 0 Å². The molecule has 2 aromatic carbocycles. The third-order valence-electron chi connectivity index (χ3n) is 2.73. The van der Waals surface area contributed by atoms with Gasteiger partial charge in [0.05, 0.1) is 0 Å². The second-order valence-electron chi connectivity index (χ2n) is 4.09. The Morgan fingerprint density at radius 2 is 1.56 bits per heavy atom. The Kier molecular flexibility index (Phi) is 3.45. The molecule has 0 saturated carbocycles. The quantitative estimate of drug-likeness (QED) is 0.793. The number of benzene rings is 2. The van der Waals surface area contributed by atoms with Crippen molar-refractivity contribution in [2.45, 2.75) is 6.92 Å². The molecule has 5 heteroatoms. The zero-order valence-corrected chi connectivity index (χ0v) is 9.69. The van der Waals surface area contributed by atoms with E-state index in [1.165, 1.54) is 0 Å². The van der Waals surface area contributed by atoms with Gasteiger partial charge < -0.3 is 10.0 Å². The fraction of sp³-hybridized carbons (Fsp3) is 0.0769. The van der Waals surface area contributed by atoms with Crippen LogP contribution >= 0.6 is 0 Å². The summed E-state index contributed by atoms with van der Waals surface area (Å²) in [6.45, 7) is 1.89. The monoisotopic (exact) mass is 248 g/mol. The number of hydrogen-bond donors (Lipinski definition) is 2. The Hall–Kier alpha value is -1.72. The van der Waals surface area contributed by atoms with Crippen molar-refractivity contribution in [1.82, 2.24) is 0 Å². The summed E-state index contributed by atoms with van der Waals surface area (Å²) < 4.78 is 27.3. The first-order chi connectivity index (χ1) is 8.49. The first-order valence-corrected chi connectivity index (χ1v) is 5.41. The van der Waals surface area contributed by atoms with Crippen molar-refractivity contribution in [3.8, 4) is 11.1 Å². The zero-order valence-electron chi connectivity index (χ0n) is 9.69. The lowest BCUT2D eigenvalue weighted by Crippen LogP contribution is -2.33. The first kappa shape index (κ1) is 12.7. The van der Waals surface area contributed by atoms with Crippen LogP contribution in [0.15, 0.2) is 36.4 Å². The molecule has 0 spiro atoms. The topological polar surface area (TPSA) is 40.5 Å². The van der Waals surface area contributed by atoms with E-state index in [9.17, 15) is 8.78 Å². The Balaban J connectivity index is 2.52. The number of hydrogen-bond acceptors (Lipinski definition) is 2. The van der Waals surface area contributed by atoms with E-state index >= 15 is 0 Å². The van der Waals surface area contributed by atoms with Crippen molar-refractivity contribution < 1.29 is 18.8 Å². The Morgan fingerprint density at radius 1 is 0.944 bits per heavy atom. The molecule has 0 aliphatic carbocycles. The van der Waals surface area contributed by atoms with Crippen molar-refractivity contribution >= 4 is 12.6 Å². The van der Waals surface area contributed by atoms with Crippen LogP contribution in [0.2, 0.25) is 0 Å².